The number of aliphatic hydroxyl groups excluding tert-OH is 1. The molecule has 0 spiro atoms. The highest BCUT2D eigenvalue weighted by atomic mass is 35.5. The van der Waals surface area contributed by atoms with Gasteiger partial charge in [0.15, 0.2) is 0 Å². The number of benzene rings is 4. The van der Waals surface area contributed by atoms with Gasteiger partial charge in [0.1, 0.15) is 28.9 Å². The molecule has 508 valence electrons. The summed E-state index contributed by atoms with van der Waals surface area (Å²) in [6, 6.07) is 27.2. The number of fused-ring (bicyclic) bond motifs is 1. The van der Waals surface area contributed by atoms with Crippen molar-refractivity contribution in [3.8, 4) is 21.9 Å². The molecule has 4 amide bonds. The van der Waals surface area contributed by atoms with Crippen molar-refractivity contribution < 1.29 is 42.4 Å². The number of sulfonamides is 1. The largest absolute Gasteiger partial charge is 0.455 e. The van der Waals surface area contributed by atoms with E-state index in [-0.39, 0.29) is 91.5 Å². The predicted molar refractivity (Wildman–Crippen MR) is 373 cm³/mol. The van der Waals surface area contributed by atoms with E-state index in [0.717, 1.165) is 84.2 Å². The molecule has 3 aliphatic heterocycles. The molecule has 5 N–H and O–H groups in total. The fourth-order valence-corrected chi connectivity index (χ4v) is 15.5. The van der Waals surface area contributed by atoms with Crippen LogP contribution >= 0.6 is 22.9 Å². The number of nitrogens with one attached hydrogen (secondary N) is 4. The van der Waals surface area contributed by atoms with E-state index < -0.39 is 49.0 Å². The first-order valence-corrected chi connectivity index (χ1v) is 35.7. The van der Waals surface area contributed by atoms with Crippen molar-refractivity contribution in [1.82, 2.24) is 44.8 Å². The Kier molecular flexibility index (Phi) is 21.3. The summed E-state index contributed by atoms with van der Waals surface area (Å²) >= 11 is 7.85. The number of nitro benzene ring substituents is 1. The fraction of sp³-hybridized carbons (Fsp3) is 0.437. The number of nitro groups is 1. The third kappa shape index (κ3) is 16.7. The summed E-state index contributed by atoms with van der Waals surface area (Å²) in [5.74, 6) is -1.53. The maximum Gasteiger partial charge on any atom is 0.293 e. The lowest BCUT2D eigenvalue weighted by Crippen LogP contribution is -2.55. The first kappa shape index (κ1) is 69.1. The number of allylic oxidation sites excluding steroid dienone is 1. The summed E-state index contributed by atoms with van der Waals surface area (Å²) in [4.78, 5) is 86.8. The molecule has 96 heavy (non-hydrogen) atoms. The van der Waals surface area contributed by atoms with Gasteiger partial charge in [-0.3, -0.25) is 39.2 Å². The Balaban J connectivity index is 0.722. The van der Waals surface area contributed by atoms with Crippen LogP contribution in [-0.2, 0) is 31.0 Å². The lowest BCUT2D eigenvalue weighted by atomic mass is 9.72. The Morgan fingerprint density at radius 2 is 1.71 bits per heavy atom. The number of nitrogens with zero attached hydrogens (tertiary/aromatic N) is 8. The summed E-state index contributed by atoms with van der Waals surface area (Å²) < 4.78 is 36.9. The van der Waals surface area contributed by atoms with Gasteiger partial charge >= 0.3 is 0 Å². The summed E-state index contributed by atoms with van der Waals surface area (Å²) in [6.45, 7) is 17.7. The maximum absolute atomic E-state index is 14.3. The Hall–Kier alpha value is -8.26. The van der Waals surface area contributed by atoms with E-state index in [2.05, 4.69) is 66.1 Å². The van der Waals surface area contributed by atoms with E-state index in [4.69, 9.17) is 16.3 Å². The molecule has 0 saturated carbocycles. The van der Waals surface area contributed by atoms with Crippen molar-refractivity contribution in [3.63, 3.8) is 0 Å². The molecular weight excluding hydrogens is 1280 g/mol. The van der Waals surface area contributed by atoms with Crippen molar-refractivity contribution in [1.29, 1.82) is 0 Å². The molecule has 3 fully saturated rings. The highest BCUT2D eigenvalue weighted by molar-refractivity contribution is 7.90. The topological polar surface area (TPSA) is 269 Å². The zero-order valence-corrected chi connectivity index (χ0v) is 57.6. The zero-order valence-electron chi connectivity index (χ0n) is 55.2. The second-order valence-corrected chi connectivity index (χ2v) is 30.4. The van der Waals surface area contributed by atoms with E-state index >= 15 is 0 Å². The fourth-order valence-electron chi connectivity index (χ4n) is 13.5. The van der Waals surface area contributed by atoms with Crippen LogP contribution in [0.4, 0.5) is 17.1 Å². The molecule has 4 aromatic carbocycles. The van der Waals surface area contributed by atoms with Crippen LogP contribution < -0.4 is 25.0 Å². The molecule has 0 radical (unpaired) electrons. The van der Waals surface area contributed by atoms with Crippen LogP contribution in [0.5, 0.6) is 11.5 Å². The van der Waals surface area contributed by atoms with Crippen LogP contribution in [0.1, 0.15) is 120 Å². The first-order valence-electron chi connectivity index (χ1n) is 33.0. The summed E-state index contributed by atoms with van der Waals surface area (Å²) in [5.41, 5.74) is 8.97. The zero-order chi connectivity index (χ0) is 68.1. The van der Waals surface area contributed by atoms with Crippen molar-refractivity contribution >= 4 is 90.3 Å². The number of amides is 4. The monoisotopic (exact) mass is 1360 g/mol. The van der Waals surface area contributed by atoms with Gasteiger partial charge in [0.25, 0.3) is 21.6 Å². The van der Waals surface area contributed by atoms with Gasteiger partial charge in [-0.25, -0.2) is 28.1 Å². The number of halogens is 1. The molecule has 25 heteroatoms. The number of carbonyl (C=O) groups excluding carboxylic acids is 4. The number of piperazine rings is 1. The van der Waals surface area contributed by atoms with Gasteiger partial charge in [-0.05, 0) is 133 Å². The standard InChI is InChI=1S/C71H85ClN12O10S2/c1-7-9-64(86)83(44-71(5,6)37-65(87)82-43-55(85)34-62(82)69(89)76-38-47-11-13-50(14-12-47)66-46(2)77-45-95-66)81-27-8-10-48(41-81)39-74-60-22-20-57(35-61(60)84(90)91)96(92,93)78-68(88)58-21-19-54(33-63(58)94-56-32-51-24-26-73-67(51)75-40-56)80-30-28-79(29-31-80)42-52-23-25-70(3,4)36-59(52)49-15-17-53(72)18-16-49/h11-22,24,26,32-33,35,40,45,48,55,62,74,85H,7-10,23,25,27-31,34,36-39,41-44H2,1-6H3,(H,73,75)(H,76,89)(H,78,88)/t48?,55-,62+/m1/s1. The van der Waals surface area contributed by atoms with E-state index in [9.17, 15) is 42.8 Å². The van der Waals surface area contributed by atoms with Crippen LogP contribution in [0.2, 0.25) is 5.02 Å². The quantitative estimate of drug-likeness (QED) is 0.0278. The van der Waals surface area contributed by atoms with Gasteiger partial charge in [-0.2, -0.15) is 0 Å². The van der Waals surface area contributed by atoms with E-state index in [0.29, 0.717) is 55.4 Å². The lowest BCUT2D eigenvalue weighted by molar-refractivity contribution is -0.384. The highest BCUT2D eigenvalue weighted by Gasteiger charge is 2.42. The number of aryl methyl sites for hydroxylation is 1. The number of pyridine rings is 1. The van der Waals surface area contributed by atoms with Gasteiger partial charge in [0.2, 0.25) is 17.7 Å². The number of hydrogen-bond acceptors (Lipinski definition) is 17. The van der Waals surface area contributed by atoms with Crippen LogP contribution in [0.3, 0.4) is 0 Å². The SMILES string of the molecule is CCCC(=O)N(CC(C)(C)CC(=O)N1C[C@H](O)C[C@H]1C(=O)NCc1ccc(-c2scnc2C)cc1)N1CCCC(CNc2ccc(S(=O)(=O)NC(=O)c3ccc(N4CCN(CC5=C(c6ccc(Cl)cc6)CC(C)(C)CC5)CC4)cc3Oc3cnc4[nH]ccc4c3)cc2[N+](=O)[O-])C1. The molecule has 6 heterocycles. The predicted octanol–water partition coefficient (Wildman–Crippen LogP) is 11.6. The number of piperidine rings is 1. The molecular formula is C71H85ClN12O10S2. The molecule has 3 saturated heterocycles. The molecule has 7 aromatic rings. The number of β-amino-alcohol motifs (C(OH)–C–C–N with tert-alkyl or cyclic N) is 1. The molecule has 11 rings (SSSR count). The number of aromatic amines is 1. The minimum absolute atomic E-state index is 0.00632. The third-order valence-electron chi connectivity index (χ3n) is 18.8. The van der Waals surface area contributed by atoms with Crippen LogP contribution in [-0.4, -0.2) is 154 Å². The Morgan fingerprint density at radius 1 is 0.948 bits per heavy atom. The van der Waals surface area contributed by atoms with Gasteiger partial charge in [-0.15, -0.1) is 11.3 Å². The van der Waals surface area contributed by atoms with Crippen LogP contribution in [0.15, 0.2) is 125 Å². The number of H-pyrrole nitrogens is 1. The molecule has 0 bridgehead atoms. The maximum atomic E-state index is 14.3. The minimum Gasteiger partial charge on any atom is -0.455 e. The van der Waals surface area contributed by atoms with Gasteiger partial charge in [0.05, 0.1) is 43.8 Å². The number of hydrazine groups is 1. The first-order chi connectivity index (χ1) is 45.9. The van der Waals surface area contributed by atoms with Crippen LogP contribution in [0.25, 0.3) is 27.0 Å². The minimum atomic E-state index is -4.72. The Morgan fingerprint density at radius 3 is 2.44 bits per heavy atom. The second kappa shape index (κ2) is 29.6. The van der Waals surface area contributed by atoms with Crippen molar-refractivity contribution in [2.45, 2.75) is 123 Å². The van der Waals surface area contributed by atoms with E-state index in [1.54, 1.807) is 46.3 Å². The average molecular weight is 1370 g/mol. The molecule has 3 aromatic heterocycles. The number of aromatic nitrogens is 3. The Labute approximate surface area is 569 Å². The number of likely N-dealkylation sites (tertiary alicyclic amines) is 1. The summed E-state index contributed by atoms with van der Waals surface area (Å²) in [6.07, 6.45) is 7.83. The van der Waals surface area contributed by atoms with Crippen molar-refractivity contribution in [2.75, 3.05) is 75.7 Å². The molecule has 1 aliphatic carbocycles. The number of carbonyl (C=O) groups is 4. The van der Waals surface area contributed by atoms with E-state index in [1.807, 2.05) is 75.2 Å². The second-order valence-electron chi connectivity index (χ2n) is 27.4. The molecule has 22 nitrogen and oxygen atoms in total. The van der Waals surface area contributed by atoms with Gasteiger partial charge in [0, 0.05) is 126 Å². The van der Waals surface area contributed by atoms with Gasteiger partial charge in [-0.1, -0.05) is 88.2 Å². The number of aliphatic hydroxyl groups is 1. The highest BCUT2D eigenvalue weighted by Crippen LogP contribution is 2.44. The number of ether oxygens (including phenoxy) is 1. The van der Waals surface area contributed by atoms with E-state index in [1.165, 1.54) is 46.0 Å². The Bertz CT molecular complexity index is 4150. The summed E-state index contributed by atoms with van der Waals surface area (Å²) in [5, 5.41) is 34.8. The van der Waals surface area contributed by atoms with Crippen molar-refractivity contribution in [3.05, 3.63) is 158 Å². The lowest BCUT2D eigenvalue weighted by Gasteiger charge is -2.44. The average Bonchev–Trinajstić information content (AvgIpc) is 0.832. The van der Waals surface area contributed by atoms with Gasteiger partial charge < -0.3 is 35.3 Å². The summed E-state index contributed by atoms with van der Waals surface area (Å²) in [7, 11) is -4.72. The number of anilines is 2. The molecule has 1 unspecified atom stereocenters. The number of thiazole rings is 1. The number of hydrogen-bond donors (Lipinski definition) is 5. The third-order valence-corrected chi connectivity index (χ3v) is 21.3. The normalized spacial score (nSPS) is 18.7. The van der Waals surface area contributed by atoms with Crippen LogP contribution in [0, 0.1) is 33.8 Å². The van der Waals surface area contributed by atoms with Crippen molar-refractivity contribution in [2.24, 2.45) is 16.7 Å². The molecule has 3 atom stereocenters. The number of rotatable bonds is 24. The smallest absolute Gasteiger partial charge is 0.293 e. The molecule has 4 aliphatic rings.